The first-order valence-corrected chi connectivity index (χ1v) is 8.65. The van der Waals surface area contributed by atoms with Crippen LogP contribution in [0.1, 0.15) is 17.3 Å². The van der Waals surface area contributed by atoms with Crippen molar-refractivity contribution in [2.75, 3.05) is 11.9 Å². The van der Waals surface area contributed by atoms with Crippen LogP contribution < -0.4 is 5.32 Å². The van der Waals surface area contributed by atoms with Crippen LogP contribution in [0.4, 0.5) is 5.82 Å². The summed E-state index contributed by atoms with van der Waals surface area (Å²) in [7, 11) is 0. The molecule has 1 aliphatic rings. The van der Waals surface area contributed by atoms with Crippen LogP contribution in [0.25, 0.3) is 11.2 Å². The van der Waals surface area contributed by atoms with Gasteiger partial charge in [0, 0.05) is 5.56 Å². The lowest BCUT2D eigenvalue weighted by Gasteiger charge is -2.29. The fourth-order valence-corrected chi connectivity index (χ4v) is 3.33. The van der Waals surface area contributed by atoms with Crippen LogP contribution in [-0.4, -0.2) is 65.7 Å². The first kappa shape index (κ1) is 18.4. The van der Waals surface area contributed by atoms with Gasteiger partial charge in [-0.05, 0) is 19.1 Å². The fraction of sp³-hybridized carbons (Fsp3) is 0.333. The Morgan fingerprint density at radius 3 is 2.68 bits per heavy atom. The van der Waals surface area contributed by atoms with E-state index in [1.165, 1.54) is 17.2 Å². The molecule has 0 unspecified atom stereocenters. The van der Waals surface area contributed by atoms with E-state index < -0.39 is 30.6 Å². The highest BCUT2D eigenvalue weighted by Gasteiger charge is 2.52. The number of aliphatic hydroxyl groups is 3. The maximum Gasteiger partial charge on any atom is 0.256 e. The number of nitrogens with zero attached hydrogens (tertiary/aromatic N) is 4. The summed E-state index contributed by atoms with van der Waals surface area (Å²) in [4.78, 5) is 25.0. The molecule has 1 aromatic carbocycles. The van der Waals surface area contributed by atoms with Gasteiger partial charge in [0.05, 0.1) is 12.9 Å². The van der Waals surface area contributed by atoms with E-state index in [-0.39, 0.29) is 11.7 Å². The predicted octanol–water partition coefficient (Wildman–Crippen LogP) is -0.136. The van der Waals surface area contributed by atoms with Crippen molar-refractivity contribution in [2.24, 2.45) is 0 Å². The van der Waals surface area contributed by atoms with Crippen molar-refractivity contribution in [1.82, 2.24) is 19.5 Å². The van der Waals surface area contributed by atoms with Crippen LogP contribution in [-0.2, 0) is 10.5 Å². The van der Waals surface area contributed by atoms with Gasteiger partial charge >= 0.3 is 0 Å². The maximum absolute atomic E-state index is 12.4. The predicted molar refractivity (Wildman–Crippen MR) is 97.3 cm³/mol. The SMILES string of the molecule is C[C@@]1(n2cnc3c(NC(=O)c4ccccc4)ncnc32)O[C@H](CO)[C@@H](O)[C@H]1O. The lowest BCUT2D eigenvalue weighted by atomic mass is 10.0. The van der Waals surface area contributed by atoms with Gasteiger partial charge in [0.25, 0.3) is 5.91 Å². The van der Waals surface area contributed by atoms with Crippen molar-refractivity contribution >= 4 is 22.9 Å². The number of anilines is 1. The quantitative estimate of drug-likeness (QED) is 0.486. The summed E-state index contributed by atoms with van der Waals surface area (Å²) in [5.74, 6) is -0.151. The van der Waals surface area contributed by atoms with E-state index in [4.69, 9.17) is 4.74 Å². The molecule has 1 fully saturated rings. The number of hydrogen-bond donors (Lipinski definition) is 4. The Hall–Kier alpha value is -2.92. The van der Waals surface area contributed by atoms with Gasteiger partial charge in [0.2, 0.25) is 0 Å². The van der Waals surface area contributed by atoms with Crippen molar-refractivity contribution in [1.29, 1.82) is 0 Å². The minimum Gasteiger partial charge on any atom is -0.394 e. The molecule has 28 heavy (non-hydrogen) atoms. The molecule has 3 heterocycles. The summed E-state index contributed by atoms with van der Waals surface area (Å²) < 4.78 is 7.14. The average molecular weight is 385 g/mol. The molecule has 0 radical (unpaired) electrons. The van der Waals surface area contributed by atoms with E-state index in [9.17, 15) is 20.1 Å². The van der Waals surface area contributed by atoms with Crippen molar-refractivity contribution in [3.8, 4) is 0 Å². The number of benzene rings is 1. The number of amides is 1. The molecule has 3 aromatic rings. The number of rotatable bonds is 4. The lowest BCUT2D eigenvalue weighted by molar-refractivity contribution is -0.132. The van der Waals surface area contributed by atoms with Gasteiger partial charge in [0.15, 0.2) is 22.7 Å². The number of imidazole rings is 1. The van der Waals surface area contributed by atoms with Gasteiger partial charge in [-0.3, -0.25) is 9.36 Å². The third-order valence-corrected chi connectivity index (χ3v) is 4.90. The Labute approximate surface area is 159 Å². The highest BCUT2D eigenvalue weighted by atomic mass is 16.6. The van der Waals surface area contributed by atoms with E-state index >= 15 is 0 Å². The van der Waals surface area contributed by atoms with Gasteiger partial charge in [-0.15, -0.1) is 0 Å². The standard InChI is InChI=1S/C18H19N5O5/c1-18(14(26)13(25)11(7-24)28-18)23-9-21-12-15(19-8-20-16(12)23)22-17(27)10-5-3-2-4-6-10/h2-6,8-9,11,13-14,24-26H,7H2,1H3,(H,19,20,22,27)/t11-,13-,14-,18-/m1/s1. The zero-order valence-corrected chi connectivity index (χ0v) is 14.9. The second-order valence-electron chi connectivity index (χ2n) is 6.66. The van der Waals surface area contributed by atoms with E-state index in [0.29, 0.717) is 16.7 Å². The molecule has 0 bridgehead atoms. The molecule has 1 aliphatic heterocycles. The van der Waals surface area contributed by atoms with E-state index in [0.717, 1.165) is 0 Å². The molecular weight excluding hydrogens is 366 g/mol. The van der Waals surface area contributed by atoms with E-state index in [1.807, 2.05) is 6.07 Å². The minimum absolute atomic E-state index is 0.202. The molecule has 0 saturated carbocycles. The number of aliphatic hydroxyl groups excluding tert-OH is 3. The zero-order valence-electron chi connectivity index (χ0n) is 14.9. The summed E-state index contributed by atoms with van der Waals surface area (Å²) in [6, 6.07) is 8.66. The monoisotopic (exact) mass is 385 g/mol. The van der Waals surface area contributed by atoms with Crippen LogP contribution in [0.15, 0.2) is 43.0 Å². The third-order valence-electron chi connectivity index (χ3n) is 4.90. The number of hydrogen-bond acceptors (Lipinski definition) is 8. The van der Waals surface area contributed by atoms with Crippen molar-refractivity contribution in [3.05, 3.63) is 48.5 Å². The second-order valence-corrected chi connectivity index (χ2v) is 6.66. The molecule has 0 aliphatic carbocycles. The molecule has 1 amide bonds. The number of carbonyl (C=O) groups excluding carboxylic acids is 1. The molecule has 0 spiro atoms. The first-order valence-electron chi connectivity index (χ1n) is 8.65. The minimum atomic E-state index is -1.41. The lowest BCUT2D eigenvalue weighted by Crippen LogP contribution is -2.43. The molecule has 146 valence electrons. The molecule has 10 heteroatoms. The smallest absolute Gasteiger partial charge is 0.256 e. The number of ether oxygens (including phenoxy) is 1. The summed E-state index contributed by atoms with van der Waals surface area (Å²) >= 11 is 0. The fourth-order valence-electron chi connectivity index (χ4n) is 3.33. The van der Waals surface area contributed by atoms with Crippen molar-refractivity contribution in [3.63, 3.8) is 0 Å². The normalized spacial score (nSPS) is 27.2. The van der Waals surface area contributed by atoms with Gasteiger partial charge in [0.1, 0.15) is 24.6 Å². The molecule has 4 rings (SSSR count). The topological polar surface area (TPSA) is 143 Å². The van der Waals surface area contributed by atoms with Crippen molar-refractivity contribution in [2.45, 2.75) is 31.0 Å². The molecule has 4 N–H and O–H groups in total. The molecule has 10 nitrogen and oxygen atoms in total. The molecule has 4 atom stereocenters. The number of aromatic nitrogens is 4. The Morgan fingerprint density at radius 2 is 2.00 bits per heavy atom. The number of nitrogens with one attached hydrogen (secondary N) is 1. The molecular formula is C18H19N5O5. The van der Waals surface area contributed by atoms with Crippen molar-refractivity contribution < 1.29 is 24.9 Å². The third kappa shape index (κ3) is 2.83. The van der Waals surface area contributed by atoms with Gasteiger partial charge < -0.3 is 25.4 Å². The Bertz CT molecular complexity index is 1010. The Kier molecular flexibility index (Phi) is 4.55. The molecule has 1 saturated heterocycles. The van der Waals surface area contributed by atoms with Crippen LogP contribution in [0, 0.1) is 0 Å². The zero-order chi connectivity index (χ0) is 19.9. The van der Waals surface area contributed by atoms with E-state index in [2.05, 4.69) is 20.3 Å². The molecule has 2 aromatic heterocycles. The highest BCUT2D eigenvalue weighted by Crippen LogP contribution is 2.37. The summed E-state index contributed by atoms with van der Waals surface area (Å²) in [6.07, 6.45) is -0.902. The Balaban J connectivity index is 1.71. The van der Waals surface area contributed by atoms with Crippen LogP contribution in [0.2, 0.25) is 0 Å². The van der Waals surface area contributed by atoms with Crippen LogP contribution in [0.3, 0.4) is 0 Å². The number of fused-ring (bicyclic) bond motifs is 1. The van der Waals surface area contributed by atoms with E-state index in [1.54, 1.807) is 31.2 Å². The number of carbonyl (C=O) groups is 1. The highest BCUT2D eigenvalue weighted by molar-refractivity contribution is 6.06. The Morgan fingerprint density at radius 1 is 1.25 bits per heavy atom. The van der Waals surface area contributed by atoms with Crippen LogP contribution >= 0.6 is 0 Å². The van der Waals surface area contributed by atoms with Crippen LogP contribution in [0.5, 0.6) is 0 Å². The summed E-state index contributed by atoms with van der Waals surface area (Å²) in [6.45, 7) is 1.11. The first-order chi connectivity index (χ1) is 13.5. The van der Waals surface area contributed by atoms with Gasteiger partial charge in [-0.1, -0.05) is 18.2 Å². The summed E-state index contributed by atoms with van der Waals surface area (Å²) in [5, 5.41) is 32.6. The second kappa shape index (κ2) is 6.91. The average Bonchev–Trinajstić information content (AvgIpc) is 3.25. The summed E-state index contributed by atoms with van der Waals surface area (Å²) in [5.41, 5.74) is -0.350. The maximum atomic E-state index is 12.4. The van der Waals surface area contributed by atoms with Gasteiger partial charge in [-0.25, -0.2) is 15.0 Å². The largest absolute Gasteiger partial charge is 0.394 e. The van der Waals surface area contributed by atoms with Gasteiger partial charge in [-0.2, -0.15) is 0 Å².